The van der Waals surface area contributed by atoms with Crippen LogP contribution in [0.3, 0.4) is 0 Å². The molecule has 2 unspecified atom stereocenters. The van der Waals surface area contributed by atoms with Gasteiger partial charge in [0.1, 0.15) is 23.4 Å². The minimum Gasteiger partial charge on any atom is -0.482 e. The molecule has 0 fully saturated rings. The zero-order valence-electron chi connectivity index (χ0n) is 13.3. The molecule has 25 heavy (non-hydrogen) atoms. The number of hydrogen-bond acceptors (Lipinski definition) is 3. The van der Waals surface area contributed by atoms with Crippen LogP contribution in [0.2, 0.25) is 10.0 Å². The molecule has 0 amide bonds. The number of nitrogens with zero attached hydrogens (tertiary/aromatic N) is 2. The monoisotopic (exact) mass is 376 g/mol. The largest absolute Gasteiger partial charge is 0.482 e. The zero-order valence-corrected chi connectivity index (χ0v) is 14.8. The fourth-order valence-corrected chi connectivity index (χ4v) is 4.13. The van der Waals surface area contributed by atoms with Crippen molar-refractivity contribution in [1.29, 1.82) is 0 Å². The summed E-state index contributed by atoms with van der Waals surface area (Å²) in [5.41, 5.74) is 2.05. The maximum Gasteiger partial charge on any atom is 0.148 e. The Morgan fingerprint density at radius 3 is 2.92 bits per heavy atom. The zero-order chi connectivity index (χ0) is 17.4. The lowest BCUT2D eigenvalue weighted by atomic mass is 9.91. The maximum atomic E-state index is 14.1. The van der Waals surface area contributed by atoms with Gasteiger partial charge in [0.2, 0.25) is 0 Å². The molecule has 6 heteroatoms. The lowest BCUT2D eigenvalue weighted by Crippen LogP contribution is -2.19. The van der Waals surface area contributed by atoms with E-state index >= 15 is 0 Å². The van der Waals surface area contributed by atoms with Gasteiger partial charge in [-0.3, -0.25) is 9.98 Å². The summed E-state index contributed by atoms with van der Waals surface area (Å²) < 4.78 is 20.1. The second-order valence-electron chi connectivity index (χ2n) is 6.12. The molecule has 4 rings (SSSR count). The lowest BCUT2D eigenvalue weighted by Gasteiger charge is -2.29. The normalized spacial score (nSPS) is 21.7. The van der Waals surface area contributed by atoms with Gasteiger partial charge in [-0.25, -0.2) is 4.39 Å². The van der Waals surface area contributed by atoms with Gasteiger partial charge < -0.3 is 4.74 Å². The van der Waals surface area contributed by atoms with E-state index in [0.717, 1.165) is 17.5 Å². The molecule has 0 saturated carbocycles. The standard InChI is InChI=1S/C19H15Cl2FN2O/c20-13-9-11-5-6-15(18-14(22)4-2-8-24-18)25-19(11)17(21)16(13)12-3-1-7-23-10-12/h1-2,4,7-10,12,15H,3,5-6H2. The first-order valence-corrected chi connectivity index (χ1v) is 8.87. The number of halogens is 3. The summed E-state index contributed by atoms with van der Waals surface area (Å²) in [6, 6.07) is 4.85. The first-order chi connectivity index (χ1) is 12.1. The smallest absolute Gasteiger partial charge is 0.148 e. The van der Waals surface area contributed by atoms with Crippen LogP contribution in [-0.4, -0.2) is 11.2 Å². The highest BCUT2D eigenvalue weighted by molar-refractivity contribution is 6.37. The van der Waals surface area contributed by atoms with Crippen molar-refractivity contribution in [3.63, 3.8) is 0 Å². The number of benzene rings is 1. The number of rotatable bonds is 2. The van der Waals surface area contributed by atoms with E-state index in [4.69, 9.17) is 27.9 Å². The van der Waals surface area contributed by atoms with Crippen molar-refractivity contribution in [1.82, 2.24) is 4.98 Å². The van der Waals surface area contributed by atoms with Crippen LogP contribution >= 0.6 is 23.2 Å². The van der Waals surface area contributed by atoms with Crippen LogP contribution in [0.25, 0.3) is 0 Å². The van der Waals surface area contributed by atoms with Crippen molar-refractivity contribution < 1.29 is 9.13 Å². The fourth-order valence-electron chi connectivity index (χ4n) is 3.31. The van der Waals surface area contributed by atoms with Crippen molar-refractivity contribution in [3.05, 3.63) is 69.4 Å². The number of hydrogen-bond donors (Lipinski definition) is 0. The molecule has 1 aromatic carbocycles. The summed E-state index contributed by atoms with van der Waals surface area (Å²) in [4.78, 5) is 8.31. The van der Waals surface area contributed by atoms with Gasteiger partial charge in [0.15, 0.2) is 0 Å². The highest BCUT2D eigenvalue weighted by atomic mass is 35.5. The van der Waals surface area contributed by atoms with E-state index in [1.807, 2.05) is 18.4 Å². The molecule has 3 nitrogen and oxygen atoms in total. The van der Waals surface area contributed by atoms with Crippen LogP contribution in [0.4, 0.5) is 4.39 Å². The maximum absolute atomic E-state index is 14.1. The second kappa shape index (κ2) is 6.77. The Kier molecular flexibility index (Phi) is 4.48. The minimum absolute atomic E-state index is 0.00543. The summed E-state index contributed by atoms with van der Waals surface area (Å²) >= 11 is 13.1. The molecule has 0 N–H and O–H groups in total. The molecule has 2 aromatic rings. The molecule has 0 bridgehead atoms. The molecule has 2 aliphatic rings. The van der Waals surface area contributed by atoms with Gasteiger partial charge >= 0.3 is 0 Å². The molecule has 0 saturated heterocycles. The molecular weight excluding hydrogens is 362 g/mol. The lowest BCUT2D eigenvalue weighted by molar-refractivity contribution is 0.167. The number of fused-ring (bicyclic) bond motifs is 1. The van der Waals surface area contributed by atoms with Crippen molar-refractivity contribution in [2.75, 3.05) is 0 Å². The van der Waals surface area contributed by atoms with Gasteiger partial charge in [0, 0.05) is 35.1 Å². The third-order valence-electron chi connectivity index (χ3n) is 4.53. The summed E-state index contributed by atoms with van der Waals surface area (Å²) in [6.07, 6.45) is 8.78. The topological polar surface area (TPSA) is 34.5 Å². The fraction of sp³-hybridized carbons (Fsp3) is 0.263. The number of pyridine rings is 1. The van der Waals surface area contributed by atoms with E-state index in [-0.39, 0.29) is 11.7 Å². The molecule has 2 aliphatic heterocycles. The van der Waals surface area contributed by atoms with Crippen molar-refractivity contribution >= 4 is 29.4 Å². The van der Waals surface area contributed by atoms with Crippen molar-refractivity contribution in [2.45, 2.75) is 31.3 Å². The predicted octanol–water partition coefficient (Wildman–Crippen LogP) is 5.67. The quantitative estimate of drug-likeness (QED) is 0.676. The Hall–Kier alpha value is -1.91. The Bertz CT molecular complexity index is 882. The summed E-state index contributed by atoms with van der Waals surface area (Å²) in [5.74, 6) is 0.210. The number of allylic oxidation sites excluding steroid dienone is 1. The average molecular weight is 377 g/mol. The van der Waals surface area contributed by atoms with E-state index in [1.54, 1.807) is 18.5 Å². The van der Waals surface area contributed by atoms with Gasteiger partial charge in [0.05, 0.1) is 5.02 Å². The Morgan fingerprint density at radius 2 is 2.16 bits per heavy atom. The van der Waals surface area contributed by atoms with Gasteiger partial charge in [0.25, 0.3) is 0 Å². The number of aromatic nitrogens is 1. The van der Waals surface area contributed by atoms with Crippen molar-refractivity contribution in [3.8, 4) is 5.75 Å². The van der Waals surface area contributed by atoms with Crippen LogP contribution in [-0.2, 0) is 6.42 Å². The van der Waals surface area contributed by atoms with Gasteiger partial charge in [-0.15, -0.1) is 0 Å². The minimum atomic E-state index is -0.458. The number of ether oxygens (including phenoxy) is 1. The first kappa shape index (κ1) is 16.6. The van der Waals surface area contributed by atoms with Crippen LogP contribution in [0.15, 0.2) is 41.7 Å². The van der Waals surface area contributed by atoms with Crippen LogP contribution < -0.4 is 4.74 Å². The molecule has 0 spiro atoms. The third kappa shape index (κ3) is 3.05. The summed E-state index contributed by atoms with van der Waals surface area (Å²) in [5, 5.41) is 1.09. The Balaban J connectivity index is 1.73. The Labute approximate surface area is 155 Å². The van der Waals surface area contributed by atoms with Crippen molar-refractivity contribution in [2.24, 2.45) is 4.99 Å². The van der Waals surface area contributed by atoms with E-state index in [0.29, 0.717) is 34.3 Å². The molecule has 0 radical (unpaired) electrons. The van der Waals surface area contributed by atoms with E-state index in [9.17, 15) is 4.39 Å². The van der Waals surface area contributed by atoms with Crippen LogP contribution in [0, 0.1) is 5.82 Å². The highest BCUT2D eigenvalue weighted by Gasteiger charge is 2.30. The molecule has 1 aromatic heterocycles. The van der Waals surface area contributed by atoms with Crippen LogP contribution in [0.1, 0.15) is 41.7 Å². The first-order valence-electron chi connectivity index (χ1n) is 8.11. The summed E-state index contributed by atoms with van der Waals surface area (Å²) in [7, 11) is 0. The SMILES string of the molecule is Fc1cccnc1C1CCc2cc(Cl)c(C3C=NC=CC3)c(Cl)c2O1. The molecular formula is C19H15Cl2FN2O. The number of aliphatic imine (C=N–C) groups is 1. The average Bonchev–Trinajstić information content (AvgIpc) is 2.63. The third-order valence-corrected chi connectivity index (χ3v) is 5.22. The molecule has 3 heterocycles. The number of aryl methyl sites for hydroxylation is 1. The predicted molar refractivity (Wildman–Crippen MR) is 97.3 cm³/mol. The Morgan fingerprint density at radius 1 is 1.28 bits per heavy atom. The van der Waals surface area contributed by atoms with E-state index in [2.05, 4.69) is 9.98 Å². The van der Waals surface area contributed by atoms with Gasteiger partial charge in [-0.1, -0.05) is 29.3 Å². The van der Waals surface area contributed by atoms with Gasteiger partial charge in [-0.05, 0) is 43.0 Å². The van der Waals surface area contributed by atoms with Gasteiger partial charge in [-0.2, -0.15) is 0 Å². The van der Waals surface area contributed by atoms with E-state index in [1.165, 1.54) is 6.07 Å². The molecule has 2 atom stereocenters. The van der Waals surface area contributed by atoms with E-state index < -0.39 is 6.10 Å². The molecule has 0 aliphatic carbocycles. The second-order valence-corrected chi connectivity index (χ2v) is 6.90. The highest BCUT2D eigenvalue weighted by Crippen LogP contribution is 2.46. The molecule has 128 valence electrons. The van der Waals surface area contributed by atoms with Crippen LogP contribution in [0.5, 0.6) is 5.75 Å². The summed E-state index contributed by atoms with van der Waals surface area (Å²) in [6.45, 7) is 0.